The second-order valence-electron chi connectivity index (χ2n) is 5.16. The van der Waals surface area contributed by atoms with Crippen LogP contribution in [-0.4, -0.2) is 47.3 Å². The van der Waals surface area contributed by atoms with Crippen LogP contribution in [0.15, 0.2) is 24.4 Å². The lowest BCUT2D eigenvalue weighted by Crippen LogP contribution is -2.35. The van der Waals surface area contributed by atoms with Crippen LogP contribution >= 0.6 is 23.2 Å². The number of nitrogens with zero attached hydrogens (tertiary/aromatic N) is 2. The Labute approximate surface area is 141 Å². The van der Waals surface area contributed by atoms with Gasteiger partial charge in [-0.25, -0.2) is 0 Å². The highest BCUT2D eigenvalue weighted by Crippen LogP contribution is 2.30. The number of aliphatic hydroxyl groups is 1. The van der Waals surface area contributed by atoms with E-state index in [1.165, 1.54) is 0 Å². The molecule has 6 heteroatoms. The van der Waals surface area contributed by atoms with Crippen LogP contribution in [0.4, 0.5) is 5.69 Å². The number of halogens is 2. The lowest BCUT2D eigenvalue weighted by molar-refractivity contribution is 0.128. The van der Waals surface area contributed by atoms with Crippen LogP contribution in [0.25, 0.3) is 10.9 Å². The summed E-state index contributed by atoms with van der Waals surface area (Å²) in [6, 6.07) is 5.42. The zero-order valence-corrected chi connectivity index (χ0v) is 14.3. The van der Waals surface area contributed by atoms with E-state index in [9.17, 15) is 5.11 Å². The maximum absolute atomic E-state index is 10.1. The number of pyridine rings is 1. The predicted octanol–water partition coefficient (Wildman–Crippen LogP) is 3.66. The zero-order valence-electron chi connectivity index (χ0n) is 12.8. The van der Waals surface area contributed by atoms with Gasteiger partial charge in [-0.05, 0) is 31.3 Å². The van der Waals surface area contributed by atoms with E-state index in [4.69, 9.17) is 23.2 Å². The summed E-state index contributed by atoms with van der Waals surface area (Å²) < 4.78 is 0. The molecule has 1 aromatic heterocycles. The van der Waals surface area contributed by atoms with Gasteiger partial charge in [-0.1, -0.05) is 37.0 Å². The first-order valence-corrected chi connectivity index (χ1v) is 8.18. The van der Waals surface area contributed by atoms with Crippen LogP contribution in [-0.2, 0) is 0 Å². The van der Waals surface area contributed by atoms with Crippen molar-refractivity contribution in [2.24, 2.45) is 0 Å². The van der Waals surface area contributed by atoms with E-state index in [1.54, 1.807) is 18.3 Å². The fourth-order valence-electron chi connectivity index (χ4n) is 2.37. The van der Waals surface area contributed by atoms with Gasteiger partial charge in [0.25, 0.3) is 0 Å². The summed E-state index contributed by atoms with van der Waals surface area (Å²) in [5.41, 5.74) is 1.67. The SMILES string of the molecule is CCN(CC)CC(O)CNc1ccnc2cc(Cl)c(Cl)cc12. The van der Waals surface area contributed by atoms with E-state index >= 15 is 0 Å². The van der Waals surface area contributed by atoms with Crippen molar-refractivity contribution < 1.29 is 5.11 Å². The van der Waals surface area contributed by atoms with E-state index in [2.05, 4.69) is 29.0 Å². The third-order valence-electron chi connectivity index (χ3n) is 3.68. The molecule has 1 unspecified atom stereocenters. The Bertz CT molecular complexity index is 632. The van der Waals surface area contributed by atoms with E-state index in [0.29, 0.717) is 23.1 Å². The Morgan fingerprint density at radius 3 is 2.59 bits per heavy atom. The topological polar surface area (TPSA) is 48.4 Å². The van der Waals surface area contributed by atoms with Crippen LogP contribution in [0, 0.1) is 0 Å². The molecule has 2 aromatic rings. The number of likely N-dealkylation sites (N-methyl/N-ethyl adjacent to an activating group) is 1. The van der Waals surface area contributed by atoms with Crippen LogP contribution in [0.1, 0.15) is 13.8 Å². The van der Waals surface area contributed by atoms with Crippen molar-refractivity contribution in [1.29, 1.82) is 0 Å². The fraction of sp³-hybridized carbons (Fsp3) is 0.438. The minimum absolute atomic E-state index is 0.439. The second kappa shape index (κ2) is 7.97. The molecule has 0 aliphatic heterocycles. The Kier molecular flexibility index (Phi) is 6.26. The van der Waals surface area contributed by atoms with Crippen LogP contribution in [0.5, 0.6) is 0 Å². The molecular formula is C16H21Cl2N3O. The molecule has 0 aliphatic rings. The normalized spacial score (nSPS) is 12.8. The van der Waals surface area contributed by atoms with Gasteiger partial charge in [-0.2, -0.15) is 0 Å². The monoisotopic (exact) mass is 341 g/mol. The fourth-order valence-corrected chi connectivity index (χ4v) is 2.69. The molecular weight excluding hydrogens is 321 g/mol. The number of fused-ring (bicyclic) bond motifs is 1. The number of benzene rings is 1. The minimum Gasteiger partial charge on any atom is -0.390 e. The van der Waals surface area contributed by atoms with Crippen molar-refractivity contribution in [3.8, 4) is 0 Å². The smallest absolute Gasteiger partial charge is 0.0839 e. The van der Waals surface area contributed by atoms with Gasteiger partial charge in [-0.15, -0.1) is 0 Å². The van der Waals surface area contributed by atoms with Gasteiger partial charge in [0, 0.05) is 30.4 Å². The largest absolute Gasteiger partial charge is 0.390 e. The standard InChI is InChI=1S/C16H21Cl2N3O/c1-3-21(4-2)10-11(22)9-20-15-5-6-19-16-8-14(18)13(17)7-12(15)16/h5-8,11,22H,3-4,9-10H2,1-2H3,(H,19,20). The van der Waals surface area contributed by atoms with Gasteiger partial charge in [-0.3, -0.25) is 4.98 Å². The second-order valence-corrected chi connectivity index (χ2v) is 5.98. The molecule has 0 aliphatic carbocycles. The Morgan fingerprint density at radius 1 is 1.23 bits per heavy atom. The molecule has 1 heterocycles. The molecule has 22 heavy (non-hydrogen) atoms. The zero-order chi connectivity index (χ0) is 16.1. The highest BCUT2D eigenvalue weighted by Gasteiger charge is 2.11. The average Bonchev–Trinajstić information content (AvgIpc) is 2.51. The summed E-state index contributed by atoms with van der Waals surface area (Å²) in [4.78, 5) is 6.48. The summed E-state index contributed by atoms with van der Waals surface area (Å²) >= 11 is 12.1. The number of aliphatic hydroxyl groups excluding tert-OH is 1. The molecule has 0 saturated carbocycles. The van der Waals surface area contributed by atoms with E-state index < -0.39 is 6.10 Å². The molecule has 0 fully saturated rings. The Morgan fingerprint density at radius 2 is 1.91 bits per heavy atom. The molecule has 2 N–H and O–H groups in total. The number of nitrogens with one attached hydrogen (secondary N) is 1. The van der Waals surface area contributed by atoms with Crippen molar-refractivity contribution in [3.05, 3.63) is 34.4 Å². The highest BCUT2D eigenvalue weighted by molar-refractivity contribution is 6.42. The van der Waals surface area contributed by atoms with Crippen molar-refractivity contribution in [2.75, 3.05) is 31.5 Å². The summed E-state index contributed by atoms with van der Waals surface area (Å²) in [7, 11) is 0. The van der Waals surface area contributed by atoms with Gasteiger partial charge < -0.3 is 15.3 Å². The molecule has 0 amide bonds. The summed E-state index contributed by atoms with van der Waals surface area (Å²) in [6.07, 6.45) is 1.27. The molecule has 0 saturated heterocycles. The predicted molar refractivity (Wildman–Crippen MR) is 94.0 cm³/mol. The molecule has 0 bridgehead atoms. The summed E-state index contributed by atoms with van der Waals surface area (Å²) in [6.45, 7) is 7.16. The first-order valence-electron chi connectivity index (χ1n) is 7.43. The molecule has 0 radical (unpaired) electrons. The molecule has 120 valence electrons. The Hall–Kier alpha value is -1.07. The third-order valence-corrected chi connectivity index (χ3v) is 4.40. The van der Waals surface area contributed by atoms with Crippen LogP contribution in [0.3, 0.4) is 0 Å². The first kappa shape index (κ1) is 17.3. The van der Waals surface area contributed by atoms with Crippen molar-refractivity contribution >= 4 is 39.8 Å². The number of aromatic nitrogens is 1. The van der Waals surface area contributed by atoms with E-state index in [0.717, 1.165) is 29.7 Å². The van der Waals surface area contributed by atoms with Crippen LogP contribution < -0.4 is 5.32 Å². The number of hydrogen-bond donors (Lipinski definition) is 2. The third kappa shape index (κ3) is 4.23. The molecule has 4 nitrogen and oxygen atoms in total. The first-order chi connectivity index (χ1) is 10.5. The maximum Gasteiger partial charge on any atom is 0.0839 e. The van der Waals surface area contributed by atoms with Crippen LogP contribution in [0.2, 0.25) is 10.0 Å². The summed E-state index contributed by atoms with van der Waals surface area (Å²) in [5, 5.41) is 15.3. The van der Waals surface area contributed by atoms with Gasteiger partial charge >= 0.3 is 0 Å². The Balaban J connectivity index is 2.10. The molecule has 1 atom stereocenters. The highest BCUT2D eigenvalue weighted by atomic mass is 35.5. The minimum atomic E-state index is -0.439. The number of anilines is 1. The van der Waals surface area contributed by atoms with Crippen molar-refractivity contribution in [3.63, 3.8) is 0 Å². The summed E-state index contributed by atoms with van der Waals surface area (Å²) in [5.74, 6) is 0. The molecule has 2 rings (SSSR count). The van der Waals surface area contributed by atoms with Gasteiger partial charge in [0.2, 0.25) is 0 Å². The van der Waals surface area contributed by atoms with Gasteiger partial charge in [0.1, 0.15) is 0 Å². The lowest BCUT2D eigenvalue weighted by Gasteiger charge is -2.22. The number of hydrogen-bond acceptors (Lipinski definition) is 4. The van der Waals surface area contributed by atoms with E-state index in [1.807, 2.05) is 6.07 Å². The quantitative estimate of drug-likeness (QED) is 0.806. The molecule has 0 spiro atoms. The molecule has 1 aromatic carbocycles. The number of rotatable bonds is 7. The van der Waals surface area contributed by atoms with Gasteiger partial charge in [0.05, 0.1) is 21.7 Å². The lowest BCUT2D eigenvalue weighted by atomic mass is 10.2. The van der Waals surface area contributed by atoms with Crippen molar-refractivity contribution in [2.45, 2.75) is 20.0 Å². The van der Waals surface area contributed by atoms with Crippen molar-refractivity contribution in [1.82, 2.24) is 9.88 Å². The maximum atomic E-state index is 10.1. The average molecular weight is 342 g/mol. The van der Waals surface area contributed by atoms with Gasteiger partial charge in [0.15, 0.2) is 0 Å². The van der Waals surface area contributed by atoms with E-state index in [-0.39, 0.29) is 0 Å².